The number of amides is 2. The summed E-state index contributed by atoms with van der Waals surface area (Å²) in [6.45, 7) is 4.98. The topological polar surface area (TPSA) is 49.4 Å². The van der Waals surface area contributed by atoms with Crippen LogP contribution in [0.5, 0.6) is 0 Å². The minimum Gasteiger partial charge on any atom is -0.354 e. The van der Waals surface area contributed by atoms with E-state index < -0.39 is 6.04 Å². The van der Waals surface area contributed by atoms with Gasteiger partial charge in [-0.15, -0.1) is 11.8 Å². The summed E-state index contributed by atoms with van der Waals surface area (Å²) in [7, 11) is 0. The normalized spacial score (nSPS) is 11.7. The zero-order valence-corrected chi connectivity index (χ0v) is 23.0. The van der Waals surface area contributed by atoms with Crippen LogP contribution in [-0.4, -0.2) is 35.1 Å². The van der Waals surface area contributed by atoms with Crippen LogP contribution in [0.3, 0.4) is 0 Å². The van der Waals surface area contributed by atoms with Gasteiger partial charge in [-0.05, 0) is 42.2 Å². The molecule has 3 aromatic carbocycles. The highest BCUT2D eigenvalue weighted by molar-refractivity contribution is 7.99. The van der Waals surface area contributed by atoms with Crippen molar-refractivity contribution in [2.45, 2.75) is 45.0 Å². The van der Waals surface area contributed by atoms with Gasteiger partial charge < -0.3 is 10.2 Å². The van der Waals surface area contributed by atoms with Gasteiger partial charge in [-0.3, -0.25) is 9.59 Å². The number of nitrogens with zero attached hydrogens (tertiary/aromatic N) is 1. The third-order valence-electron chi connectivity index (χ3n) is 5.77. The van der Waals surface area contributed by atoms with E-state index in [0.717, 1.165) is 28.7 Å². The third kappa shape index (κ3) is 8.58. The zero-order chi connectivity index (χ0) is 25.9. The van der Waals surface area contributed by atoms with Crippen molar-refractivity contribution in [1.82, 2.24) is 10.2 Å². The van der Waals surface area contributed by atoms with Crippen LogP contribution in [0.1, 0.15) is 35.6 Å². The molecule has 0 aliphatic heterocycles. The number of halogens is 2. The Balaban J connectivity index is 1.82. The summed E-state index contributed by atoms with van der Waals surface area (Å²) >= 11 is 13.7. The predicted octanol–water partition coefficient (Wildman–Crippen LogP) is 6.70. The van der Waals surface area contributed by atoms with E-state index in [9.17, 15) is 9.59 Å². The molecule has 1 N–H and O–H groups in total. The Morgan fingerprint density at radius 2 is 1.61 bits per heavy atom. The van der Waals surface area contributed by atoms with E-state index in [1.165, 1.54) is 11.8 Å². The molecule has 1 atom stereocenters. The van der Waals surface area contributed by atoms with E-state index >= 15 is 0 Å². The maximum Gasteiger partial charge on any atom is 0.243 e. The van der Waals surface area contributed by atoms with Crippen molar-refractivity contribution in [3.05, 3.63) is 105 Å². The lowest BCUT2D eigenvalue weighted by atomic mass is 10.0. The van der Waals surface area contributed by atoms with E-state index in [1.54, 1.807) is 11.0 Å². The third-order valence-corrected chi connectivity index (χ3v) is 7.50. The molecule has 36 heavy (non-hydrogen) atoms. The minimum atomic E-state index is -0.613. The van der Waals surface area contributed by atoms with Crippen molar-refractivity contribution < 1.29 is 9.59 Å². The predicted molar refractivity (Wildman–Crippen MR) is 152 cm³/mol. The zero-order valence-electron chi connectivity index (χ0n) is 20.7. The van der Waals surface area contributed by atoms with Crippen molar-refractivity contribution in [3.8, 4) is 0 Å². The fourth-order valence-corrected chi connectivity index (χ4v) is 4.96. The quantitative estimate of drug-likeness (QED) is 0.277. The lowest BCUT2D eigenvalue weighted by Gasteiger charge is -2.31. The number of carbonyl (C=O) groups is 2. The monoisotopic (exact) mass is 542 g/mol. The van der Waals surface area contributed by atoms with Gasteiger partial charge in [0.05, 0.1) is 15.8 Å². The van der Waals surface area contributed by atoms with Crippen molar-refractivity contribution in [2.75, 3.05) is 12.3 Å². The highest BCUT2D eigenvalue weighted by Crippen LogP contribution is 2.25. The number of aryl methyl sites for hydroxylation is 1. The first-order chi connectivity index (χ1) is 17.4. The first kappa shape index (κ1) is 28.1. The largest absolute Gasteiger partial charge is 0.354 e. The van der Waals surface area contributed by atoms with Crippen LogP contribution in [0.4, 0.5) is 0 Å². The van der Waals surface area contributed by atoms with Crippen LogP contribution in [-0.2, 0) is 28.3 Å². The molecule has 7 heteroatoms. The molecular formula is C29H32Cl2N2O2S. The first-order valence-electron chi connectivity index (χ1n) is 12.1. The number of nitrogens with one attached hydrogen (secondary N) is 1. The van der Waals surface area contributed by atoms with Crippen molar-refractivity contribution in [3.63, 3.8) is 0 Å². The molecule has 0 aromatic heterocycles. The van der Waals surface area contributed by atoms with E-state index in [2.05, 4.69) is 5.32 Å². The molecule has 0 saturated carbocycles. The van der Waals surface area contributed by atoms with Gasteiger partial charge in [0.1, 0.15) is 6.04 Å². The smallest absolute Gasteiger partial charge is 0.243 e. The van der Waals surface area contributed by atoms with Gasteiger partial charge in [-0.25, -0.2) is 0 Å². The molecule has 4 nitrogen and oxygen atoms in total. The molecule has 0 fully saturated rings. The number of carbonyl (C=O) groups excluding carboxylic acids is 2. The summed E-state index contributed by atoms with van der Waals surface area (Å²) in [6, 6.07) is 22.8. The Morgan fingerprint density at radius 1 is 0.917 bits per heavy atom. The maximum absolute atomic E-state index is 13.6. The van der Waals surface area contributed by atoms with E-state index in [1.807, 2.05) is 80.6 Å². The molecule has 0 bridgehead atoms. The number of hydrogen-bond donors (Lipinski definition) is 1. The van der Waals surface area contributed by atoms with Gasteiger partial charge in [0, 0.05) is 25.3 Å². The molecular weight excluding hydrogens is 511 g/mol. The molecule has 0 unspecified atom stereocenters. The lowest BCUT2D eigenvalue weighted by molar-refractivity contribution is -0.139. The van der Waals surface area contributed by atoms with Gasteiger partial charge >= 0.3 is 0 Å². The van der Waals surface area contributed by atoms with Crippen LogP contribution in [0.2, 0.25) is 10.0 Å². The first-order valence-corrected chi connectivity index (χ1v) is 14.0. The van der Waals surface area contributed by atoms with Crippen LogP contribution >= 0.6 is 35.0 Å². The second-order valence-electron chi connectivity index (χ2n) is 8.75. The van der Waals surface area contributed by atoms with Crippen molar-refractivity contribution in [2.24, 2.45) is 0 Å². The summed E-state index contributed by atoms with van der Waals surface area (Å²) in [6.07, 6.45) is 1.28. The molecule has 3 rings (SSSR count). The SMILES string of the molecule is CCCNC(=O)[C@H](Cc1ccccc1)N(Cc1ccc(C)cc1)C(=O)CSCc1ccc(Cl)c(Cl)c1. The molecule has 0 spiro atoms. The number of thioether (sulfide) groups is 1. The molecule has 0 heterocycles. The second kappa shape index (κ2) is 14.3. The highest BCUT2D eigenvalue weighted by Gasteiger charge is 2.30. The summed E-state index contributed by atoms with van der Waals surface area (Å²) in [5.74, 6) is 0.661. The Morgan fingerprint density at radius 3 is 2.28 bits per heavy atom. The molecule has 0 aliphatic rings. The van der Waals surface area contributed by atoms with Crippen LogP contribution < -0.4 is 5.32 Å². The fraction of sp³-hybridized carbons (Fsp3) is 0.310. The Labute approximate surface area is 228 Å². The molecule has 0 aliphatic carbocycles. The Bertz CT molecular complexity index is 1140. The van der Waals surface area contributed by atoms with Gasteiger partial charge in [-0.2, -0.15) is 0 Å². The van der Waals surface area contributed by atoms with E-state index in [4.69, 9.17) is 23.2 Å². The number of hydrogen-bond acceptors (Lipinski definition) is 3. The molecule has 190 valence electrons. The van der Waals surface area contributed by atoms with Crippen LogP contribution in [0, 0.1) is 6.92 Å². The second-order valence-corrected chi connectivity index (χ2v) is 10.5. The Hall–Kier alpha value is -2.47. The summed E-state index contributed by atoms with van der Waals surface area (Å²) < 4.78 is 0. The van der Waals surface area contributed by atoms with Gasteiger partial charge in [0.25, 0.3) is 0 Å². The minimum absolute atomic E-state index is 0.0757. The van der Waals surface area contributed by atoms with Crippen LogP contribution in [0.25, 0.3) is 0 Å². The molecule has 0 saturated heterocycles. The molecule has 3 aromatic rings. The fourth-order valence-electron chi connectivity index (χ4n) is 3.78. The Kier molecular flexibility index (Phi) is 11.2. The van der Waals surface area contributed by atoms with Gasteiger partial charge in [0.15, 0.2) is 0 Å². The van der Waals surface area contributed by atoms with Crippen molar-refractivity contribution in [1.29, 1.82) is 0 Å². The standard InChI is InChI=1S/C29H32Cl2N2O2S/c1-3-15-32-29(35)27(17-22-7-5-4-6-8-22)33(18-23-11-9-21(2)10-12-23)28(34)20-36-19-24-13-14-25(30)26(31)16-24/h4-14,16,27H,3,15,17-20H2,1-2H3,(H,32,35)/t27-/m0/s1. The van der Waals surface area contributed by atoms with E-state index in [-0.39, 0.29) is 17.6 Å². The average molecular weight is 544 g/mol. The van der Waals surface area contributed by atoms with Gasteiger partial charge in [0.2, 0.25) is 11.8 Å². The summed E-state index contributed by atoms with van der Waals surface area (Å²) in [5.41, 5.74) is 4.15. The average Bonchev–Trinajstić information content (AvgIpc) is 2.88. The maximum atomic E-state index is 13.6. The van der Waals surface area contributed by atoms with Crippen molar-refractivity contribution >= 4 is 46.8 Å². The number of benzene rings is 3. The van der Waals surface area contributed by atoms with E-state index in [0.29, 0.717) is 35.3 Å². The number of rotatable bonds is 12. The lowest BCUT2D eigenvalue weighted by Crippen LogP contribution is -2.51. The summed E-state index contributed by atoms with van der Waals surface area (Å²) in [4.78, 5) is 28.7. The highest BCUT2D eigenvalue weighted by atomic mass is 35.5. The van der Waals surface area contributed by atoms with Crippen LogP contribution in [0.15, 0.2) is 72.8 Å². The molecule has 2 amide bonds. The summed E-state index contributed by atoms with van der Waals surface area (Å²) in [5, 5.41) is 4.01. The molecule has 0 radical (unpaired) electrons. The van der Waals surface area contributed by atoms with Gasteiger partial charge in [-0.1, -0.05) is 96.4 Å².